The second-order valence-electron chi connectivity index (χ2n) is 4.20. The smallest absolute Gasteiger partial charge is 0.142 e. The van der Waals surface area contributed by atoms with Crippen molar-refractivity contribution >= 4 is 5.82 Å². The molecule has 2 N–H and O–H groups in total. The van der Waals surface area contributed by atoms with E-state index < -0.39 is 0 Å². The van der Waals surface area contributed by atoms with Crippen molar-refractivity contribution < 1.29 is 0 Å². The molecule has 0 saturated heterocycles. The Morgan fingerprint density at radius 2 is 1.94 bits per heavy atom. The number of benzene rings is 1. The van der Waals surface area contributed by atoms with E-state index in [4.69, 9.17) is 11.0 Å². The van der Waals surface area contributed by atoms with Gasteiger partial charge in [0.15, 0.2) is 0 Å². The number of fused-ring (bicyclic) bond motifs is 3. The van der Waals surface area contributed by atoms with E-state index in [9.17, 15) is 0 Å². The fourth-order valence-corrected chi connectivity index (χ4v) is 2.32. The predicted octanol–water partition coefficient (Wildman–Crippen LogP) is 2.30. The molecule has 1 aromatic carbocycles. The van der Waals surface area contributed by atoms with Crippen LogP contribution < -0.4 is 5.73 Å². The summed E-state index contributed by atoms with van der Waals surface area (Å²) in [6, 6.07) is 12.2. The maximum Gasteiger partial charge on any atom is 0.142 e. The third-order valence-corrected chi connectivity index (χ3v) is 3.19. The number of nitrogens with two attached hydrogens (primary N) is 1. The molecule has 0 amide bonds. The van der Waals surface area contributed by atoms with Crippen LogP contribution in [0.4, 0.5) is 5.82 Å². The summed E-state index contributed by atoms with van der Waals surface area (Å²) in [4.78, 5) is 4.38. The number of rotatable bonds is 0. The zero-order chi connectivity index (χ0) is 11.8. The molecule has 3 heteroatoms. The van der Waals surface area contributed by atoms with E-state index >= 15 is 0 Å². The van der Waals surface area contributed by atoms with Gasteiger partial charge >= 0.3 is 0 Å². The van der Waals surface area contributed by atoms with Gasteiger partial charge in [-0.25, -0.2) is 4.98 Å². The Balaban J connectivity index is 2.27. The maximum absolute atomic E-state index is 8.95. The van der Waals surface area contributed by atoms with Gasteiger partial charge < -0.3 is 5.73 Å². The lowest BCUT2D eigenvalue weighted by Crippen LogP contribution is -2.08. The van der Waals surface area contributed by atoms with E-state index in [0.29, 0.717) is 11.4 Å². The van der Waals surface area contributed by atoms with Gasteiger partial charge in [0.25, 0.3) is 0 Å². The van der Waals surface area contributed by atoms with Crippen LogP contribution in [0.5, 0.6) is 0 Å². The van der Waals surface area contributed by atoms with Gasteiger partial charge in [0, 0.05) is 5.56 Å². The van der Waals surface area contributed by atoms with Crippen LogP contribution in [0.15, 0.2) is 30.3 Å². The molecule has 0 atom stereocenters. The molecule has 0 aliphatic heterocycles. The van der Waals surface area contributed by atoms with Crippen molar-refractivity contribution in [2.24, 2.45) is 0 Å². The number of aryl methyl sites for hydroxylation is 2. The van der Waals surface area contributed by atoms with E-state index in [-0.39, 0.29) is 0 Å². The van der Waals surface area contributed by atoms with Gasteiger partial charge in [0.1, 0.15) is 11.9 Å². The Bertz CT molecular complexity index is 638. The quantitative estimate of drug-likeness (QED) is 0.742. The number of hydrogen-bond donors (Lipinski definition) is 1. The van der Waals surface area contributed by atoms with Crippen molar-refractivity contribution in [3.63, 3.8) is 0 Å². The largest absolute Gasteiger partial charge is 0.383 e. The summed E-state index contributed by atoms with van der Waals surface area (Å²) in [7, 11) is 0. The highest BCUT2D eigenvalue weighted by atomic mass is 14.9. The molecule has 3 nitrogen and oxygen atoms in total. The number of hydrogen-bond acceptors (Lipinski definition) is 3. The van der Waals surface area contributed by atoms with Crippen molar-refractivity contribution in [1.29, 1.82) is 5.26 Å². The summed E-state index contributed by atoms with van der Waals surface area (Å²) in [6.45, 7) is 0. The minimum absolute atomic E-state index is 0.322. The highest BCUT2D eigenvalue weighted by Gasteiger charge is 2.18. The number of nitriles is 1. The third-order valence-electron chi connectivity index (χ3n) is 3.19. The molecule has 0 spiro atoms. The lowest BCUT2D eigenvalue weighted by molar-refractivity contribution is 0.927. The summed E-state index contributed by atoms with van der Waals surface area (Å²) < 4.78 is 0. The molecule has 0 bridgehead atoms. The molecule has 0 fully saturated rings. The van der Waals surface area contributed by atoms with Crippen molar-refractivity contribution in [2.45, 2.75) is 12.8 Å². The fraction of sp³-hybridized carbons (Fsp3) is 0.143. The Morgan fingerprint density at radius 3 is 2.76 bits per heavy atom. The number of nitrogens with zero attached hydrogens (tertiary/aromatic N) is 2. The van der Waals surface area contributed by atoms with E-state index in [1.54, 1.807) is 0 Å². The Hall–Kier alpha value is -2.34. The van der Waals surface area contributed by atoms with E-state index in [1.165, 1.54) is 5.56 Å². The molecule has 2 aromatic rings. The normalized spacial score (nSPS) is 12.4. The van der Waals surface area contributed by atoms with Crippen molar-refractivity contribution in [3.05, 3.63) is 47.0 Å². The molecule has 0 unspecified atom stereocenters. The Labute approximate surface area is 99.5 Å². The molecule has 3 rings (SSSR count). The van der Waals surface area contributed by atoms with Gasteiger partial charge in [-0.3, -0.25) is 0 Å². The first-order valence-corrected chi connectivity index (χ1v) is 5.57. The van der Waals surface area contributed by atoms with Crippen LogP contribution in [0.3, 0.4) is 0 Å². The summed E-state index contributed by atoms with van der Waals surface area (Å²) in [5, 5.41) is 8.95. The summed E-state index contributed by atoms with van der Waals surface area (Å²) >= 11 is 0. The van der Waals surface area contributed by atoms with Gasteiger partial charge in [-0.05, 0) is 30.0 Å². The first-order chi connectivity index (χ1) is 8.29. The lowest BCUT2D eigenvalue weighted by Gasteiger charge is -2.19. The van der Waals surface area contributed by atoms with Crippen molar-refractivity contribution in [3.8, 4) is 17.3 Å². The molecule has 0 radical (unpaired) electrons. The maximum atomic E-state index is 8.95. The number of anilines is 1. The van der Waals surface area contributed by atoms with Crippen LogP contribution in [0, 0.1) is 11.3 Å². The third kappa shape index (κ3) is 1.46. The molecular formula is C14H11N3. The van der Waals surface area contributed by atoms with Gasteiger partial charge in [0.2, 0.25) is 0 Å². The van der Waals surface area contributed by atoms with E-state index in [0.717, 1.165) is 29.7 Å². The zero-order valence-electron chi connectivity index (χ0n) is 9.27. The number of pyridine rings is 1. The number of nitrogen functional groups attached to an aromatic ring is 1. The van der Waals surface area contributed by atoms with Crippen LogP contribution >= 0.6 is 0 Å². The average molecular weight is 221 g/mol. The molecule has 1 heterocycles. The summed E-state index contributed by atoms with van der Waals surface area (Å²) in [6.07, 6.45) is 1.92. The fourth-order valence-electron chi connectivity index (χ4n) is 2.32. The zero-order valence-corrected chi connectivity index (χ0v) is 9.27. The molecule has 82 valence electrons. The second-order valence-corrected chi connectivity index (χ2v) is 4.20. The molecule has 1 aliphatic rings. The van der Waals surface area contributed by atoms with E-state index in [2.05, 4.69) is 23.2 Å². The Morgan fingerprint density at radius 1 is 1.18 bits per heavy atom. The molecular weight excluding hydrogens is 210 g/mol. The van der Waals surface area contributed by atoms with Crippen molar-refractivity contribution in [2.75, 3.05) is 5.73 Å². The van der Waals surface area contributed by atoms with Gasteiger partial charge in [-0.15, -0.1) is 0 Å². The SMILES string of the molecule is N#Cc1cc2c(nc1N)-c1ccccc1CC2. The highest BCUT2D eigenvalue weighted by molar-refractivity contribution is 5.72. The minimum Gasteiger partial charge on any atom is -0.383 e. The minimum atomic E-state index is 0.322. The molecule has 1 aromatic heterocycles. The monoisotopic (exact) mass is 221 g/mol. The van der Waals surface area contributed by atoms with Crippen LogP contribution in [-0.4, -0.2) is 4.98 Å². The molecule has 0 saturated carbocycles. The van der Waals surface area contributed by atoms with Crippen LogP contribution in [0.1, 0.15) is 16.7 Å². The first kappa shape index (κ1) is 9.86. The summed E-state index contributed by atoms with van der Waals surface area (Å²) in [5.74, 6) is 0.322. The van der Waals surface area contributed by atoms with Gasteiger partial charge in [-0.1, -0.05) is 24.3 Å². The van der Waals surface area contributed by atoms with Crippen LogP contribution in [0.2, 0.25) is 0 Å². The average Bonchev–Trinajstić information content (AvgIpc) is 2.38. The van der Waals surface area contributed by atoms with E-state index in [1.807, 2.05) is 18.2 Å². The molecule has 1 aliphatic carbocycles. The summed E-state index contributed by atoms with van der Waals surface area (Å²) in [5.41, 5.74) is 10.8. The lowest BCUT2D eigenvalue weighted by atomic mass is 9.88. The highest BCUT2D eigenvalue weighted by Crippen LogP contribution is 2.33. The van der Waals surface area contributed by atoms with Gasteiger partial charge in [-0.2, -0.15) is 5.26 Å². The van der Waals surface area contributed by atoms with Gasteiger partial charge in [0.05, 0.1) is 11.3 Å². The predicted molar refractivity (Wildman–Crippen MR) is 66.2 cm³/mol. The topological polar surface area (TPSA) is 62.7 Å². The van der Waals surface area contributed by atoms with Crippen LogP contribution in [-0.2, 0) is 12.8 Å². The first-order valence-electron chi connectivity index (χ1n) is 5.57. The number of aromatic nitrogens is 1. The van der Waals surface area contributed by atoms with Crippen molar-refractivity contribution in [1.82, 2.24) is 4.98 Å². The van der Waals surface area contributed by atoms with Crippen LogP contribution in [0.25, 0.3) is 11.3 Å². The second kappa shape index (κ2) is 3.60. The Kier molecular flexibility index (Phi) is 2.09. The standard InChI is InChI=1S/C14H11N3/c15-8-11-7-10-6-5-9-3-1-2-4-12(9)13(10)17-14(11)16/h1-4,7H,5-6H2,(H2,16,17). The molecule has 17 heavy (non-hydrogen) atoms.